The molecule has 1 saturated carbocycles. The minimum atomic E-state index is 0.434. The highest BCUT2D eigenvalue weighted by Crippen LogP contribution is 2.47. The van der Waals surface area contributed by atoms with Crippen LogP contribution in [0, 0.1) is 0 Å². The Morgan fingerprint density at radius 1 is 1.00 bits per heavy atom. The zero-order chi connectivity index (χ0) is 12.4. The van der Waals surface area contributed by atoms with Crippen molar-refractivity contribution in [3.63, 3.8) is 0 Å². The minimum absolute atomic E-state index is 0.434. The van der Waals surface area contributed by atoms with E-state index in [0.29, 0.717) is 5.41 Å². The van der Waals surface area contributed by atoms with E-state index in [0.717, 1.165) is 13.0 Å². The SMILES string of the molecule is NCCCC1(c2ccc3ccccc3c2)CCC1. The van der Waals surface area contributed by atoms with Crippen molar-refractivity contribution in [1.82, 2.24) is 0 Å². The second-order valence-corrected chi connectivity index (χ2v) is 5.59. The van der Waals surface area contributed by atoms with Gasteiger partial charge < -0.3 is 5.73 Å². The average molecular weight is 239 g/mol. The van der Waals surface area contributed by atoms with Crippen LogP contribution in [0.4, 0.5) is 0 Å². The number of rotatable bonds is 4. The van der Waals surface area contributed by atoms with Gasteiger partial charge in [0.1, 0.15) is 0 Å². The Kier molecular flexibility index (Phi) is 3.09. The predicted octanol–water partition coefficient (Wildman–Crippen LogP) is 4.00. The van der Waals surface area contributed by atoms with Gasteiger partial charge >= 0.3 is 0 Å². The van der Waals surface area contributed by atoms with Gasteiger partial charge in [-0.05, 0) is 54.0 Å². The van der Waals surface area contributed by atoms with Crippen LogP contribution in [0.25, 0.3) is 10.8 Å². The molecule has 3 rings (SSSR count). The van der Waals surface area contributed by atoms with Crippen LogP contribution in [0.3, 0.4) is 0 Å². The van der Waals surface area contributed by atoms with Crippen LogP contribution in [0.1, 0.15) is 37.7 Å². The fourth-order valence-corrected chi connectivity index (χ4v) is 3.25. The summed E-state index contributed by atoms with van der Waals surface area (Å²) in [5.41, 5.74) is 7.65. The molecule has 2 aromatic carbocycles. The van der Waals surface area contributed by atoms with Crippen molar-refractivity contribution in [3.05, 3.63) is 48.0 Å². The summed E-state index contributed by atoms with van der Waals surface area (Å²) in [6, 6.07) is 15.6. The van der Waals surface area contributed by atoms with E-state index in [-0.39, 0.29) is 0 Å². The summed E-state index contributed by atoms with van der Waals surface area (Å²) in [7, 11) is 0. The molecule has 2 aromatic rings. The third-order valence-electron chi connectivity index (χ3n) is 4.53. The zero-order valence-corrected chi connectivity index (χ0v) is 10.9. The molecule has 0 spiro atoms. The summed E-state index contributed by atoms with van der Waals surface area (Å²) in [6.07, 6.45) is 6.45. The van der Waals surface area contributed by atoms with Crippen molar-refractivity contribution in [3.8, 4) is 0 Å². The molecule has 1 nitrogen and oxygen atoms in total. The summed E-state index contributed by atoms with van der Waals surface area (Å²) in [5, 5.41) is 2.71. The topological polar surface area (TPSA) is 26.0 Å². The largest absolute Gasteiger partial charge is 0.330 e. The first kappa shape index (κ1) is 11.7. The van der Waals surface area contributed by atoms with E-state index < -0.39 is 0 Å². The lowest BCUT2D eigenvalue weighted by Gasteiger charge is -2.43. The molecule has 0 bridgehead atoms. The molecule has 0 aliphatic heterocycles. The Hall–Kier alpha value is -1.34. The first-order chi connectivity index (χ1) is 8.84. The van der Waals surface area contributed by atoms with E-state index in [1.165, 1.54) is 42.0 Å². The summed E-state index contributed by atoms with van der Waals surface area (Å²) in [4.78, 5) is 0. The molecule has 0 amide bonds. The van der Waals surface area contributed by atoms with Gasteiger partial charge in [0.2, 0.25) is 0 Å². The van der Waals surface area contributed by atoms with Gasteiger partial charge in [-0.2, -0.15) is 0 Å². The second kappa shape index (κ2) is 4.74. The first-order valence-electron chi connectivity index (χ1n) is 7.03. The van der Waals surface area contributed by atoms with Crippen molar-refractivity contribution in [2.24, 2.45) is 5.73 Å². The Labute approximate surface area is 109 Å². The number of fused-ring (bicyclic) bond motifs is 1. The Morgan fingerprint density at radius 3 is 2.44 bits per heavy atom. The molecular formula is C17H21N. The van der Waals surface area contributed by atoms with Crippen LogP contribution in [0.2, 0.25) is 0 Å². The van der Waals surface area contributed by atoms with E-state index in [4.69, 9.17) is 5.73 Å². The maximum absolute atomic E-state index is 5.68. The summed E-state index contributed by atoms with van der Waals surface area (Å²) in [5.74, 6) is 0. The average Bonchev–Trinajstić information content (AvgIpc) is 2.37. The van der Waals surface area contributed by atoms with Gasteiger partial charge in [0, 0.05) is 0 Å². The third-order valence-corrected chi connectivity index (χ3v) is 4.53. The smallest absolute Gasteiger partial charge is 0.00463 e. The lowest BCUT2D eigenvalue weighted by molar-refractivity contribution is 0.222. The van der Waals surface area contributed by atoms with E-state index in [9.17, 15) is 0 Å². The van der Waals surface area contributed by atoms with Crippen molar-refractivity contribution < 1.29 is 0 Å². The van der Waals surface area contributed by atoms with Crippen LogP contribution in [-0.4, -0.2) is 6.54 Å². The van der Waals surface area contributed by atoms with Crippen molar-refractivity contribution in [2.75, 3.05) is 6.54 Å². The Morgan fingerprint density at radius 2 is 1.78 bits per heavy atom. The molecular weight excluding hydrogens is 218 g/mol. The third kappa shape index (κ3) is 1.93. The van der Waals surface area contributed by atoms with Crippen molar-refractivity contribution in [2.45, 2.75) is 37.5 Å². The Balaban J connectivity index is 1.97. The molecule has 0 heterocycles. The van der Waals surface area contributed by atoms with E-state index in [1.807, 2.05) is 0 Å². The maximum Gasteiger partial charge on any atom is -0.00463 e. The van der Waals surface area contributed by atoms with Crippen LogP contribution < -0.4 is 5.73 Å². The molecule has 0 saturated heterocycles. The number of hydrogen-bond acceptors (Lipinski definition) is 1. The van der Waals surface area contributed by atoms with Gasteiger partial charge in [-0.1, -0.05) is 48.9 Å². The lowest BCUT2D eigenvalue weighted by Crippen LogP contribution is -2.34. The van der Waals surface area contributed by atoms with E-state index >= 15 is 0 Å². The fourth-order valence-electron chi connectivity index (χ4n) is 3.25. The summed E-state index contributed by atoms with van der Waals surface area (Å²) in [6.45, 7) is 0.815. The highest BCUT2D eigenvalue weighted by atomic mass is 14.5. The quantitative estimate of drug-likeness (QED) is 0.857. The predicted molar refractivity (Wildman–Crippen MR) is 77.8 cm³/mol. The van der Waals surface area contributed by atoms with Gasteiger partial charge in [-0.15, -0.1) is 0 Å². The Bertz CT molecular complexity index is 540. The van der Waals surface area contributed by atoms with E-state index in [1.54, 1.807) is 0 Å². The molecule has 0 unspecified atom stereocenters. The molecule has 0 radical (unpaired) electrons. The van der Waals surface area contributed by atoms with Gasteiger partial charge in [0.15, 0.2) is 0 Å². The normalized spacial score (nSPS) is 17.6. The van der Waals surface area contributed by atoms with Crippen LogP contribution in [0.5, 0.6) is 0 Å². The molecule has 1 fully saturated rings. The minimum Gasteiger partial charge on any atom is -0.330 e. The highest BCUT2D eigenvalue weighted by molar-refractivity contribution is 5.83. The van der Waals surface area contributed by atoms with Crippen molar-refractivity contribution in [1.29, 1.82) is 0 Å². The summed E-state index contributed by atoms with van der Waals surface area (Å²) < 4.78 is 0. The number of nitrogens with two attached hydrogens (primary N) is 1. The zero-order valence-electron chi connectivity index (χ0n) is 10.9. The van der Waals surface area contributed by atoms with Gasteiger partial charge in [0.25, 0.3) is 0 Å². The molecule has 0 aromatic heterocycles. The number of hydrogen-bond donors (Lipinski definition) is 1. The van der Waals surface area contributed by atoms with E-state index in [2.05, 4.69) is 42.5 Å². The second-order valence-electron chi connectivity index (χ2n) is 5.59. The fraction of sp³-hybridized carbons (Fsp3) is 0.412. The molecule has 0 atom stereocenters. The number of benzene rings is 2. The van der Waals surface area contributed by atoms with Crippen LogP contribution >= 0.6 is 0 Å². The molecule has 1 heteroatoms. The van der Waals surface area contributed by atoms with Crippen molar-refractivity contribution >= 4 is 10.8 Å². The highest BCUT2D eigenvalue weighted by Gasteiger charge is 2.37. The molecule has 1 aliphatic carbocycles. The summed E-state index contributed by atoms with van der Waals surface area (Å²) >= 11 is 0. The first-order valence-corrected chi connectivity index (χ1v) is 7.03. The van der Waals surface area contributed by atoms with Crippen LogP contribution in [-0.2, 0) is 5.41 Å². The standard InChI is InChI=1S/C17H21N/c18-12-4-11-17(9-3-10-17)16-8-7-14-5-1-2-6-15(14)13-16/h1-2,5-8,13H,3-4,9-12,18H2. The van der Waals surface area contributed by atoms with Gasteiger partial charge in [-0.3, -0.25) is 0 Å². The maximum atomic E-state index is 5.68. The molecule has 2 N–H and O–H groups in total. The lowest BCUT2D eigenvalue weighted by atomic mass is 9.62. The van der Waals surface area contributed by atoms with Crippen LogP contribution in [0.15, 0.2) is 42.5 Å². The van der Waals surface area contributed by atoms with Gasteiger partial charge in [0.05, 0.1) is 0 Å². The monoisotopic (exact) mass is 239 g/mol. The van der Waals surface area contributed by atoms with Gasteiger partial charge in [-0.25, -0.2) is 0 Å². The molecule has 1 aliphatic rings. The molecule has 18 heavy (non-hydrogen) atoms. The molecule has 94 valence electrons.